The predicted molar refractivity (Wildman–Crippen MR) is 78.5 cm³/mol. The van der Waals surface area contributed by atoms with Crippen LogP contribution in [0.1, 0.15) is 18.9 Å². The number of hydrogen-bond donors (Lipinski definition) is 1. The van der Waals surface area contributed by atoms with Crippen molar-refractivity contribution in [1.29, 1.82) is 0 Å². The van der Waals surface area contributed by atoms with E-state index < -0.39 is 0 Å². The van der Waals surface area contributed by atoms with Gasteiger partial charge in [-0.25, -0.2) is 4.98 Å². The first-order chi connectivity index (χ1) is 10.7. The molecule has 1 atom stereocenters. The summed E-state index contributed by atoms with van der Waals surface area (Å²) >= 11 is 0. The molecule has 3 rings (SSSR count). The minimum absolute atomic E-state index is 0.00551. The Morgan fingerprint density at radius 3 is 3.09 bits per heavy atom. The standard InChI is InChI=1S/C15H18N4O3/c1-11(7-19-9-16-8-17-19)18-15(20)5-3-12-2-4-13-14(6-12)22-10-21-13/h2,4,6,8-9,11H,3,5,7,10H2,1H3,(H,18,20)/t11-/m0/s1. The zero-order valence-corrected chi connectivity index (χ0v) is 12.4. The van der Waals surface area contributed by atoms with Crippen LogP contribution in [0.4, 0.5) is 0 Å². The van der Waals surface area contributed by atoms with E-state index in [0.29, 0.717) is 19.4 Å². The van der Waals surface area contributed by atoms with E-state index in [-0.39, 0.29) is 18.7 Å². The maximum atomic E-state index is 12.0. The van der Waals surface area contributed by atoms with E-state index >= 15 is 0 Å². The van der Waals surface area contributed by atoms with Crippen LogP contribution in [0.25, 0.3) is 0 Å². The van der Waals surface area contributed by atoms with E-state index in [1.165, 1.54) is 6.33 Å². The molecule has 0 saturated heterocycles. The van der Waals surface area contributed by atoms with Crippen molar-refractivity contribution in [2.24, 2.45) is 0 Å². The smallest absolute Gasteiger partial charge is 0.231 e. The SMILES string of the molecule is C[C@@H](Cn1cncn1)NC(=O)CCc1ccc2c(c1)OCO2. The van der Waals surface area contributed by atoms with Crippen LogP contribution in [0.2, 0.25) is 0 Å². The fraction of sp³-hybridized carbons (Fsp3) is 0.400. The van der Waals surface area contributed by atoms with Gasteiger partial charge in [-0.2, -0.15) is 5.10 Å². The van der Waals surface area contributed by atoms with E-state index in [0.717, 1.165) is 17.1 Å². The first kappa shape index (κ1) is 14.4. The highest BCUT2D eigenvalue weighted by atomic mass is 16.7. The van der Waals surface area contributed by atoms with Crippen LogP contribution >= 0.6 is 0 Å². The lowest BCUT2D eigenvalue weighted by atomic mass is 10.1. The van der Waals surface area contributed by atoms with Crippen molar-refractivity contribution in [3.8, 4) is 11.5 Å². The van der Waals surface area contributed by atoms with Gasteiger partial charge in [0.15, 0.2) is 11.5 Å². The molecule has 22 heavy (non-hydrogen) atoms. The quantitative estimate of drug-likeness (QED) is 0.866. The predicted octanol–water partition coefficient (Wildman–Crippen LogP) is 1.14. The lowest BCUT2D eigenvalue weighted by Gasteiger charge is -2.13. The number of carbonyl (C=O) groups excluding carboxylic acids is 1. The number of nitrogens with zero attached hydrogens (tertiary/aromatic N) is 3. The molecule has 1 amide bonds. The van der Waals surface area contributed by atoms with Crippen molar-refractivity contribution in [3.63, 3.8) is 0 Å². The minimum Gasteiger partial charge on any atom is -0.454 e. The van der Waals surface area contributed by atoms with Gasteiger partial charge in [0.05, 0.1) is 6.54 Å². The van der Waals surface area contributed by atoms with E-state index in [1.807, 2.05) is 25.1 Å². The molecule has 1 N–H and O–H groups in total. The average Bonchev–Trinajstić information content (AvgIpc) is 3.15. The normalized spacial score (nSPS) is 13.9. The fourth-order valence-corrected chi connectivity index (χ4v) is 2.35. The van der Waals surface area contributed by atoms with Crippen LogP contribution in [0.5, 0.6) is 11.5 Å². The largest absolute Gasteiger partial charge is 0.454 e. The Hall–Kier alpha value is -2.57. The first-order valence-electron chi connectivity index (χ1n) is 7.21. The topological polar surface area (TPSA) is 78.3 Å². The number of nitrogens with one attached hydrogen (secondary N) is 1. The van der Waals surface area contributed by atoms with Crippen molar-refractivity contribution >= 4 is 5.91 Å². The second kappa shape index (κ2) is 6.46. The van der Waals surface area contributed by atoms with E-state index in [1.54, 1.807) is 11.0 Å². The molecule has 0 fully saturated rings. The van der Waals surface area contributed by atoms with Crippen LogP contribution in [-0.4, -0.2) is 33.5 Å². The van der Waals surface area contributed by atoms with Gasteiger partial charge in [-0.15, -0.1) is 0 Å². The zero-order chi connectivity index (χ0) is 15.4. The summed E-state index contributed by atoms with van der Waals surface area (Å²) in [6.07, 6.45) is 4.21. The second-order valence-electron chi connectivity index (χ2n) is 5.27. The highest BCUT2D eigenvalue weighted by Gasteiger charge is 2.14. The number of aryl methyl sites for hydroxylation is 1. The molecule has 0 bridgehead atoms. The molecule has 1 aliphatic heterocycles. The van der Waals surface area contributed by atoms with Crippen molar-refractivity contribution in [3.05, 3.63) is 36.4 Å². The van der Waals surface area contributed by atoms with Gasteiger partial charge in [0.1, 0.15) is 12.7 Å². The maximum absolute atomic E-state index is 12.0. The Kier molecular flexibility index (Phi) is 4.22. The summed E-state index contributed by atoms with van der Waals surface area (Å²) < 4.78 is 12.3. The molecule has 1 aliphatic rings. The number of hydrogen-bond acceptors (Lipinski definition) is 5. The van der Waals surface area contributed by atoms with Gasteiger partial charge in [-0.3, -0.25) is 9.48 Å². The van der Waals surface area contributed by atoms with Crippen molar-refractivity contribution in [2.45, 2.75) is 32.4 Å². The van der Waals surface area contributed by atoms with Gasteiger partial charge in [0, 0.05) is 12.5 Å². The van der Waals surface area contributed by atoms with Crippen molar-refractivity contribution in [1.82, 2.24) is 20.1 Å². The lowest BCUT2D eigenvalue weighted by Crippen LogP contribution is -2.35. The third-order valence-corrected chi connectivity index (χ3v) is 3.41. The maximum Gasteiger partial charge on any atom is 0.231 e. The molecule has 116 valence electrons. The number of ether oxygens (including phenoxy) is 2. The summed E-state index contributed by atoms with van der Waals surface area (Å²) in [5.41, 5.74) is 1.06. The van der Waals surface area contributed by atoms with Crippen molar-refractivity contribution in [2.75, 3.05) is 6.79 Å². The molecule has 2 heterocycles. The molecular formula is C15H18N4O3. The highest BCUT2D eigenvalue weighted by molar-refractivity contribution is 5.76. The molecule has 0 unspecified atom stereocenters. The third-order valence-electron chi connectivity index (χ3n) is 3.41. The van der Waals surface area contributed by atoms with Crippen LogP contribution in [0.3, 0.4) is 0 Å². The zero-order valence-electron chi connectivity index (χ0n) is 12.4. The number of aromatic nitrogens is 3. The van der Waals surface area contributed by atoms with Crippen molar-refractivity contribution < 1.29 is 14.3 Å². The van der Waals surface area contributed by atoms with E-state index in [2.05, 4.69) is 15.4 Å². The second-order valence-corrected chi connectivity index (χ2v) is 5.27. The van der Waals surface area contributed by atoms with E-state index in [4.69, 9.17) is 9.47 Å². The summed E-state index contributed by atoms with van der Waals surface area (Å²) in [7, 11) is 0. The monoisotopic (exact) mass is 302 g/mol. The molecule has 1 aromatic carbocycles. The highest BCUT2D eigenvalue weighted by Crippen LogP contribution is 2.32. The molecule has 0 radical (unpaired) electrons. The molecule has 0 aliphatic carbocycles. The molecule has 0 saturated carbocycles. The van der Waals surface area contributed by atoms with Gasteiger partial charge in [-0.1, -0.05) is 6.07 Å². The number of carbonyl (C=O) groups is 1. The molecular weight excluding hydrogens is 284 g/mol. The van der Waals surface area contributed by atoms with Crippen LogP contribution in [0, 0.1) is 0 Å². The molecule has 7 nitrogen and oxygen atoms in total. The Labute approximate surface area is 128 Å². The average molecular weight is 302 g/mol. The minimum atomic E-state index is 0.00551. The molecule has 0 spiro atoms. The van der Waals surface area contributed by atoms with Gasteiger partial charge < -0.3 is 14.8 Å². The van der Waals surface area contributed by atoms with Gasteiger partial charge in [-0.05, 0) is 31.0 Å². The van der Waals surface area contributed by atoms with Gasteiger partial charge in [0.25, 0.3) is 0 Å². The summed E-state index contributed by atoms with van der Waals surface area (Å²) in [6.45, 7) is 2.81. The number of benzene rings is 1. The third kappa shape index (κ3) is 3.55. The number of fused-ring (bicyclic) bond motifs is 1. The fourth-order valence-electron chi connectivity index (χ4n) is 2.35. The van der Waals surface area contributed by atoms with Crippen LogP contribution in [0.15, 0.2) is 30.9 Å². The lowest BCUT2D eigenvalue weighted by molar-refractivity contribution is -0.121. The van der Waals surface area contributed by atoms with Crippen LogP contribution in [-0.2, 0) is 17.8 Å². The summed E-state index contributed by atoms with van der Waals surface area (Å²) in [5, 5.41) is 6.98. The summed E-state index contributed by atoms with van der Waals surface area (Å²) in [5.74, 6) is 1.53. The van der Waals surface area contributed by atoms with E-state index in [9.17, 15) is 4.79 Å². The molecule has 1 aromatic heterocycles. The van der Waals surface area contributed by atoms with Crippen LogP contribution < -0.4 is 14.8 Å². The van der Waals surface area contributed by atoms with Gasteiger partial charge in [0.2, 0.25) is 12.7 Å². The summed E-state index contributed by atoms with van der Waals surface area (Å²) in [4.78, 5) is 15.9. The Bertz CT molecular complexity index is 642. The van der Waals surface area contributed by atoms with Gasteiger partial charge >= 0.3 is 0 Å². The Balaban J connectivity index is 1.46. The Morgan fingerprint density at radius 1 is 1.41 bits per heavy atom. The number of rotatable bonds is 6. The Morgan fingerprint density at radius 2 is 2.27 bits per heavy atom. The number of amides is 1. The first-order valence-corrected chi connectivity index (χ1v) is 7.21. The molecule has 7 heteroatoms. The molecule has 2 aromatic rings. The summed E-state index contributed by atoms with van der Waals surface area (Å²) in [6, 6.07) is 5.77.